The molecule has 0 aliphatic heterocycles. The standard InChI is InChI=1S/C23H20O5S/c1-29(26,27)20-14-12-17(13-15-20)21(24)16-28-23(25)22(18-8-4-2-5-9-18)19-10-6-3-7-11-19/h2-15,22H,16H2,1H3. The molecule has 0 aliphatic carbocycles. The predicted octanol–water partition coefficient (Wildman–Crippen LogP) is 3.65. The number of hydrogen-bond acceptors (Lipinski definition) is 5. The minimum atomic E-state index is -3.34. The van der Waals surface area contributed by atoms with E-state index in [0.717, 1.165) is 17.4 Å². The Hall–Kier alpha value is -3.25. The SMILES string of the molecule is CS(=O)(=O)c1ccc(C(=O)COC(=O)C(c2ccccc2)c2ccccc2)cc1. The molecule has 148 valence electrons. The third-order valence-electron chi connectivity index (χ3n) is 4.45. The van der Waals surface area contributed by atoms with Gasteiger partial charge in [-0.15, -0.1) is 0 Å². The number of esters is 1. The smallest absolute Gasteiger partial charge is 0.318 e. The molecular formula is C23H20O5S. The van der Waals surface area contributed by atoms with Crippen LogP contribution in [0, 0.1) is 0 Å². The van der Waals surface area contributed by atoms with E-state index in [1.807, 2.05) is 60.7 Å². The first-order valence-corrected chi connectivity index (χ1v) is 10.9. The molecule has 3 aromatic carbocycles. The second-order valence-electron chi connectivity index (χ2n) is 6.58. The van der Waals surface area contributed by atoms with Gasteiger partial charge in [-0.05, 0) is 35.4 Å². The Morgan fingerprint density at radius 3 is 1.72 bits per heavy atom. The van der Waals surface area contributed by atoms with Gasteiger partial charge in [0.1, 0.15) is 5.92 Å². The molecule has 0 saturated heterocycles. The summed E-state index contributed by atoms with van der Waals surface area (Å²) in [6.07, 6.45) is 1.10. The van der Waals surface area contributed by atoms with E-state index in [1.54, 1.807) is 0 Å². The first kappa shape index (κ1) is 20.5. The second kappa shape index (κ2) is 8.84. The van der Waals surface area contributed by atoms with E-state index >= 15 is 0 Å². The highest BCUT2D eigenvalue weighted by Crippen LogP contribution is 2.26. The number of carbonyl (C=O) groups excluding carboxylic acids is 2. The van der Waals surface area contributed by atoms with Crippen molar-refractivity contribution in [2.75, 3.05) is 12.9 Å². The maximum atomic E-state index is 12.8. The summed E-state index contributed by atoms with van der Waals surface area (Å²) in [5, 5.41) is 0. The van der Waals surface area contributed by atoms with Crippen LogP contribution in [0.25, 0.3) is 0 Å². The van der Waals surface area contributed by atoms with Crippen molar-refractivity contribution in [3.05, 3.63) is 102 Å². The van der Waals surface area contributed by atoms with Gasteiger partial charge in [0.2, 0.25) is 0 Å². The minimum absolute atomic E-state index is 0.124. The van der Waals surface area contributed by atoms with Crippen LogP contribution in [-0.4, -0.2) is 33.0 Å². The lowest BCUT2D eigenvalue weighted by atomic mass is 9.91. The molecule has 3 rings (SSSR count). The second-order valence-corrected chi connectivity index (χ2v) is 8.60. The van der Waals surface area contributed by atoms with Gasteiger partial charge in [0.25, 0.3) is 0 Å². The van der Waals surface area contributed by atoms with Crippen LogP contribution in [0.2, 0.25) is 0 Å². The molecule has 0 atom stereocenters. The fourth-order valence-corrected chi connectivity index (χ4v) is 3.58. The zero-order valence-corrected chi connectivity index (χ0v) is 16.6. The summed E-state index contributed by atoms with van der Waals surface area (Å²) in [6.45, 7) is -0.423. The third kappa shape index (κ3) is 5.18. The zero-order chi connectivity index (χ0) is 20.9. The molecular weight excluding hydrogens is 388 g/mol. The average Bonchev–Trinajstić information content (AvgIpc) is 2.73. The number of carbonyl (C=O) groups is 2. The van der Waals surface area contributed by atoms with Gasteiger partial charge in [-0.1, -0.05) is 60.7 Å². The van der Waals surface area contributed by atoms with Crippen LogP contribution in [0.3, 0.4) is 0 Å². The third-order valence-corrected chi connectivity index (χ3v) is 5.58. The van der Waals surface area contributed by atoms with Crippen molar-refractivity contribution < 1.29 is 22.7 Å². The van der Waals surface area contributed by atoms with E-state index in [4.69, 9.17) is 4.74 Å². The van der Waals surface area contributed by atoms with Crippen LogP contribution in [0.4, 0.5) is 0 Å². The Morgan fingerprint density at radius 1 is 0.793 bits per heavy atom. The van der Waals surface area contributed by atoms with Gasteiger partial charge in [-0.25, -0.2) is 8.42 Å². The van der Waals surface area contributed by atoms with E-state index < -0.39 is 34.1 Å². The summed E-state index contributed by atoms with van der Waals surface area (Å²) in [5.74, 6) is -1.57. The summed E-state index contributed by atoms with van der Waals surface area (Å²) >= 11 is 0. The first-order valence-electron chi connectivity index (χ1n) is 8.96. The van der Waals surface area contributed by atoms with Gasteiger partial charge >= 0.3 is 5.97 Å². The van der Waals surface area contributed by atoms with E-state index in [-0.39, 0.29) is 10.5 Å². The molecule has 0 bridgehead atoms. The Bertz CT molecular complexity index is 1050. The number of rotatable bonds is 7. The Labute approximate surface area is 169 Å². The Kier molecular flexibility index (Phi) is 6.24. The lowest BCUT2D eigenvalue weighted by molar-refractivity contribution is -0.143. The Morgan fingerprint density at radius 2 is 1.28 bits per heavy atom. The number of ketones is 1. The van der Waals surface area contributed by atoms with Crippen LogP contribution < -0.4 is 0 Å². The van der Waals surface area contributed by atoms with Crippen molar-refractivity contribution in [1.82, 2.24) is 0 Å². The van der Waals surface area contributed by atoms with Crippen molar-refractivity contribution in [1.29, 1.82) is 0 Å². The van der Waals surface area contributed by atoms with E-state index in [1.165, 1.54) is 24.3 Å². The highest BCUT2D eigenvalue weighted by atomic mass is 32.2. The molecule has 0 spiro atoms. The monoisotopic (exact) mass is 408 g/mol. The van der Waals surface area contributed by atoms with Crippen molar-refractivity contribution in [3.8, 4) is 0 Å². The molecule has 0 radical (unpaired) electrons. The molecule has 0 heterocycles. The summed E-state index contributed by atoms with van der Waals surface area (Å²) < 4.78 is 28.4. The fraction of sp³-hybridized carbons (Fsp3) is 0.130. The van der Waals surface area contributed by atoms with Gasteiger partial charge in [0.05, 0.1) is 4.90 Å². The minimum Gasteiger partial charge on any atom is -0.457 e. The van der Waals surface area contributed by atoms with Crippen molar-refractivity contribution in [2.45, 2.75) is 10.8 Å². The summed E-state index contributed by atoms with van der Waals surface area (Å²) in [7, 11) is -3.34. The van der Waals surface area contributed by atoms with Gasteiger partial charge in [0.15, 0.2) is 22.2 Å². The maximum Gasteiger partial charge on any atom is 0.318 e. The normalized spacial score (nSPS) is 11.2. The molecule has 3 aromatic rings. The Balaban J connectivity index is 1.74. The quantitative estimate of drug-likeness (QED) is 0.441. The van der Waals surface area contributed by atoms with Crippen LogP contribution >= 0.6 is 0 Å². The number of sulfone groups is 1. The average molecular weight is 408 g/mol. The molecule has 6 heteroatoms. The number of ether oxygens (including phenoxy) is 1. The predicted molar refractivity (Wildman–Crippen MR) is 110 cm³/mol. The zero-order valence-electron chi connectivity index (χ0n) is 15.8. The summed E-state index contributed by atoms with van der Waals surface area (Å²) in [4.78, 5) is 25.3. The molecule has 0 unspecified atom stereocenters. The molecule has 0 saturated carbocycles. The van der Waals surface area contributed by atoms with E-state index in [9.17, 15) is 18.0 Å². The largest absolute Gasteiger partial charge is 0.457 e. The highest BCUT2D eigenvalue weighted by Gasteiger charge is 2.25. The first-order chi connectivity index (χ1) is 13.9. The topological polar surface area (TPSA) is 77.5 Å². The number of hydrogen-bond donors (Lipinski definition) is 0. The molecule has 5 nitrogen and oxygen atoms in total. The molecule has 0 aromatic heterocycles. The summed E-state index contributed by atoms with van der Waals surface area (Å²) in [5.41, 5.74) is 1.82. The number of Topliss-reactive ketones (excluding diaryl/α,β-unsaturated/α-hetero) is 1. The van der Waals surface area contributed by atoms with Crippen LogP contribution in [-0.2, 0) is 19.4 Å². The lowest BCUT2D eigenvalue weighted by Crippen LogP contribution is -2.21. The maximum absolute atomic E-state index is 12.8. The van der Waals surface area contributed by atoms with Gasteiger partial charge < -0.3 is 4.74 Å². The highest BCUT2D eigenvalue weighted by molar-refractivity contribution is 7.90. The molecule has 29 heavy (non-hydrogen) atoms. The lowest BCUT2D eigenvalue weighted by Gasteiger charge is -2.17. The van der Waals surface area contributed by atoms with Crippen LogP contribution in [0.5, 0.6) is 0 Å². The van der Waals surface area contributed by atoms with Crippen molar-refractivity contribution in [3.63, 3.8) is 0 Å². The van der Waals surface area contributed by atoms with Gasteiger partial charge in [-0.3, -0.25) is 9.59 Å². The molecule has 0 amide bonds. The molecule has 0 aliphatic rings. The van der Waals surface area contributed by atoms with Crippen molar-refractivity contribution in [2.24, 2.45) is 0 Å². The van der Waals surface area contributed by atoms with E-state index in [0.29, 0.717) is 0 Å². The van der Waals surface area contributed by atoms with E-state index in [2.05, 4.69) is 0 Å². The molecule has 0 fully saturated rings. The molecule has 0 N–H and O–H groups in total. The number of benzene rings is 3. The van der Waals surface area contributed by atoms with Crippen LogP contribution in [0.15, 0.2) is 89.8 Å². The fourth-order valence-electron chi connectivity index (χ4n) is 2.95. The van der Waals surface area contributed by atoms with Crippen molar-refractivity contribution >= 4 is 21.6 Å². The summed E-state index contributed by atoms with van der Waals surface area (Å²) in [6, 6.07) is 24.0. The van der Waals surface area contributed by atoms with Gasteiger partial charge in [0, 0.05) is 11.8 Å². The van der Waals surface area contributed by atoms with Gasteiger partial charge in [-0.2, -0.15) is 0 Å². The van der Waals surface area contributed by atoms with Crippen LogP contribution in [0.1, 0.15) is 27.4 Å².